The van der Waals surface area contributed by atoms with Gasteiger partial charge in [-0.05, 0) is 45.2 Å². The van der Waals surface area contributed by atoms with Crippen molar-refractivity contribution < 1.29 is 9.53 Å². The van der Waals surface area contributed by atoms with Gasteiger partial charge in [-0.3, -0.25) is 0 Å². The minimum Gasteiger partial charge on any atom is -0.444 e. The van der Waals surface area contributed by atoms with E-state index in [1.54, 1.807) is 0 Å². The van der Waals surface area contributed by atoms with Crippen LogP contribution in [0, 0.1) is 11.3 Å². The number of carbonyl (C=O) groups excluding carboxylic acids is 1. The summed E-state index contributed by atoms with van der Waals surface area (Å²) in [6.07, 6.45) is 3.29. The first-order valence-corrected chi connectivity index (χ1v) is 8.42. The Labute approximate surface area is 145 Å². The van der Waals surface area contributed by atoms with E-state index in [9.17, 15) is 4.79 Å². The normalized spacial score (nSPS) is 11.9. The Kier molecular flexibility index (Phi) is 6.85. The van der Waals surface area contributed by atoms with Crippen molar-refractivity contribution in [3.63, 3.8) is 0 Å². The molecule has 0 radical (unpaired) electrons. The first-order valence-electron chi connectivity index (χ1n) is 8.42. The predicted molar refractivity (Wildman–Crippen MR) is 94.5 cm³/mol. The Balaban J connectivity index is 2.67. The van der Waals surface area contributed by atoms with Crippen LogP contribution in [0.25, 0.3) is 0 Å². The topological polar surface area (TPSA) is 79.1 Å². The molecule has 1 aromatic heterocycles. The van der Waals surface area contributed by atoms with Crippen molar-refractivity contribution in [2.45, 2.75) is 65.1 Å². The first kappa shape index (κ1) is 20.0. The van der Waals surface area contributed by atoms with Crippen molar-refractivity contribution in [3.05, 3.63) is 23.5 Å². The lowest BCUT2D eigenvalue weighted by molar-refractivity contribution is 0.0507. The number of aromatic nitrogens is 1. The Morgan fingerprint density at radius 3 is 2.42 bits per heavy atom. The van der Waals surface area contributed by atoms with Gasteiger partial charge in [-0.25, -0.2) is 4.79 Å². The summed E-state index contributed by atoms with van der Waals surface area (Å²) in [4.78, 5) is 11.9. The molecular weight excluding hydrogens is 304 g/mol. The average molecular weight is 334 g/mol. The molecular formula is C18H30N4O2. The molecule has 0 aliphatic rings. The molecule has 0 bridgehead atoms. The molecule has 24 heavy (non-hydrogen) atoms. The fourth-order valence-corrected chi connectivity index (χ4v) is 2.50. The van der Waals surface area contributed by atoms with Gasteiger partial charge in [0.05, 0.1) is 0 Å². The number of hydrogen-bond acceptors (Lipinski definition) is 4. The summed E-state index contributed by atoms with van der Waals surface area (Å²) >= 11 is 0. The molecule has 0 aromatic carbocycles. The lowest BCUT2D eigenvalue weighted by Crippen LogP contribution is -2.53. The fraction of sp³-hybridized carbons (Fsp3) is 0.667. The number of carbonyl (C=O) groups is 1. The van der Waals surface area contributed by atoms with Gasteiger partial charge in [-0.15, -0.1) is 0 Å². The molecule has 0 saturated carbocycles. The van der Waals surface area contributed by atoms with E-state index < -0.39 is 11.7 Å². The van der Waals surface area contributed by atoms with Gasteiger partial charge >= 0.3 is 6.09 Å². The molecule has 0 fully saturated rings. The van der Waals surface area contributed by atoms with Crippen LogP contribution in [0.3, 0.4) is 0 Å². The molecule has 1 rings (SSSR count). The van der Waals surface area contributed by atoms with Gasteiger partial charge in [0.25, 0.3) is 0 Å². The van der Waals surface area contributed by atoms with Crippen molar-refractivity contribution >= 4 is 6.09 Å². The van der Waals surface area contributed by atoms with Crippen LogP contribution in [-0.2, 0) is 18.3 Å². The summed E-state index contributed by atoms with van der Waals surface area (Å²) in [6, 6.07) is 4.04. The molecule has 0 atom stereocenters. The smallest absolute Gasteiger partial charge is 0.407 e. The standard InChI is InChI=1S/C18H30N4O2/c1-7-18(8-2,13-20-16(23)24-17(3,4)5)21-11-14-9-15(10-19)22(6)12-14/h9,12,21H,7-8,11,13H2,1-6H3,(H,20,23). The summed E-state index contributed by atoms with van der Waals surface area (Å²) in [5, 5.41) is 15.4. The summed E-state index contributed by atoms with van der Waals surface area (Å²) in [6.45, 7) is 10.9. The van der Waals surface area contributed by atoms with Crippen molar-refractivity contribution in [2.24, 2.45) is 7.05 Å². The monoisotopic (exact) mass is 334 g/mol. The van der Waals surface area contributed by atoms with Gasteiger partial charge in [0.15, 0.2) is 0 Å². The number of nitrogens with zero attached hydrogens (tertiary/aromatic N) is 2. The van der Waals surface area contributed by atoms with Crippen molar-refractivity contribution in [3.8, 4) is 6.07 Å². The molecule has 0 aliphatic carbocycles. The maximum Gasteiger partial charge on any atom is 0.407 e. The lowest BCUT2D eigenvalue weighted by atomic mass is 9.92. The third kappa shape index (κ3) is 5.89. The SMILES string of the molecule is CCC(CC)(CNC(=O)OC(C)(C)C)NCc1cc(C#N)n(C)c1. The maximum atomic E-state index is 11.9. The largest absolute Gasteiger partial charge is 0.444 e. The van der Waals surface area contributed by atoms with Crippen LogP contribution in [0.15, 0.2) is 12.3 Å². The van der Waals surface area contributed by atoms with Crippen LogP contribution in [0.5, 0.6) is 0 Å². The minimum absolute atomic E-state index is 0.209. The molecule has 1 amide bonds. The first-order chi connectivity index (χ1) is 11.1. The average Bonchev–Trinajstić information content (AvgIpc) is 2.86. The molecule has 0 aliphatic heterocycles. The van der Waals surface area contributed by atoms with Crippen LogP contribution in [0.2, 0.25) is 0 Å². The van der Waals surface area contributed by atoms with Crippen molar-refractivity contribution in [1.29, 1.82) is 5.26 Å². The number of ether oxygens (including phenoxy) is 1. The molecule has 0 unspecified atom stereocenters. The second kappa shape index (κ2) is 8.20. The summed E-state index contributed by atoms with van der Waals surface area (Å²) in [5.74, 6) is 0. The summed E-state index contributed by atoms with van der Waals surface area (Å²) in [5.41, 5.74) is 0.977. The van der Waals surface area contributed by atoms with E-state index in [0.29, 0.717) is 18.8 Å². The molecule has 134 valence electrons. The number of hydrogen-bond donors (Lipinski definition) is 2. The molecule has 6 nitrogen and oxygen atoms in total. The second-order valence-corrected chi connectivity index (χ2v) is 7.15. The van der Waals surface area contributed by atoms with Crippen molar-refractivity contribution in [2.75, 3.05) is 6.54 Å². The van der Waals surface area contributed by atoms with E-state index in [1.807, 2.05) is 44.6 Å². The van der Waals surface area contributed by atoms with Crippen LogP contribution in [0.1, 0.15) is 58.7 Å². The minimum atomic E-state index is -0.504. The zero-order chi connectivity index (χ0) is 18.4. The predicted octanol–water partition coefficient (Wildman–Crippen LogP) is 3.07. The highest BCUT2D eigenvalue weighted by Crippen LogP contribution is 2.17. The van der Waals surface area contributed by atoms with Gasteiger partial charge in [-0.1, -0.05) is 13.8 Å². The highest BCUT2D eigenvalue weighted by atomic mass is 16.6. The van der Waals surface area contributed by atoms with Crippen LogP contribution >= 0.6 is 0 Å². The van der Waals surface area contributed by atoms with E-state index in [2.05, 4.69) is 30.6 Å². The Bertz CT molecular complexity index is 589. The number of nitrogens with one attached hydrogen (secondary N) is 2. The van der Waals surface area contributed by atoms with E-state index in [4.69, 9.17) is 10.00 Å². The van der Waals surface area contributed by atoms with Gasteiger partial charge in [0, 0.05) is 31.9 Å². The lowest BCUT2D eigenvalue weighted by Gasteiger charge is -2.33. The van der Waals surface area contributed by atoms with E-state index in [-0.39, 0.29) is 5.54 Å². The highest BCUT2D eigenvalue weighted by molar-refractivity contribution is 5.67. The maximum absolute atomic E-state index is 11.9. The summed E-state index contributed by atoms with van der Waals surface area (Å²) < 4.78 is 7.12. The van der Waals surface area contributed by atoms with E-state index in [1.165, 1.54) is 0 Å². The van der Waals surface area contributed by atoms with Crippen molar-refractivity contribution in [1.82, 2.24) is 15.2 Å². The molecule has 1 heterocycles. The number of alkyl carbamates (subject to hydrolysis) is 1. The Hall–Kier alpha value is -2.00. The van der Waals surface area contributed by atoms with Crippen LogP contribution < -0.4 is 10.6 Å². The molecule has 0 spiro atoms. The number of nitriles is 1. The molecule has 2 N–H and O–H groups in total. The Morgan fingerprint density at radius 1 is 1.33 bits per heavy atom. The highest BCUT2D eigenvalue weighted by Gasteiger charge is 2.27. The Morgan fingerprint density at radius 2 is 1.96 bits per heavy atom. The van der Waals surface area contributed by atoms with Gasteiger partial charge in [-0.2, -0.15) is 5.26 Å². The number of amides is 1. The fourth-order valence-electron chi connectivity index (χ4n) is 2.50. The third-order valence-electron chi connectivity index (χ3n) is 4.17. The third-order valence-corrected chi connectivity index (χ3v) is 4.17. The molecule has 0 saturated heterocycles. The van der Waals surface area contributed by atoms with Gasteiger partial charge < -0.3 is 19.9 Å². The number of rotatable bonds is 7. The quantitative estimate of drug-likeness (QED) is 0.803. The molecule has 1 aromatic rings. The zero-order valence-electron chi connectivity index (χ0n) is 15.7. The summed E-state index contributed by atoms with van der Waals surface area (Å²) in [7, 11) is 1.86. The van der Waals surface area contributed by atoms with E-state index in [0.717, 1.165) is 18.4 Å². The number of aryl methyl sites for hydroxylation is 1. The van der Waals surface area contributed by atoms with Gasteiger partial charge in [0.1, 0.15) is 17.4 Å². The second-order valence-electron chi connectivity index (χ2n) is 7.15. The zero-order valence-corrected chi connectivity index (χ0v) is 15.7. The van der Waals surface area contributed by atoms with Gasteiger partial charge in [0.2, 0.25) is 0 Å². The molecule has 6 heteroatoms. The van der Waals surface area contributed by atoms with Crippen LogP contribution in [0.4, 0.5) is 4.79 Å². The van der Waals surface area contributed by atoms with Crippen LogP contribution in [-0.4, -0.2) is 28.3 Å². The van der Waals surface area contributed by atoms with E-state index >= 15 is 0 Å².